The molecule has 0 aromatic heterocycles. The molecule has 0 heterocycles. The number of rotatable bonds is 3. The molecule has 6 heteroatoms. The molecule has 2 rings (SSSR count). The van der Waals surface area contributed by atoms with Crippen LogP contribution in [0.2, 0.25) is 10.0 Å². The van der Waals surface area contributed by atoms with E-state index in [0.717, 1.165) is 0 Å². The molecular formula is C15H12Cl2O4. The highest BCUT2D eigenvalue weighted by Gasteiger charge is 2.25. The monoisotopic (exact) mass is 326 g/mol. The van der Waals surface area contributed by atoms with Gasteiger partial charge in [-0.15, -0.1) is 0 Å². The first-order valence-electron chi connectivity index (χ1n) is 5.96. The second-order valence-electron chi connectivity index (χ2n) is 4.39. The van der Waals surface area contributed by atoms with Crippen LogP contribution in [-0.2, 0) is 0 Å². The quantitative estimate of drug-likeness (QED) is 0.662. The Labute approximate surface area is 131 Å². The van der Waals surface area contributed by atoms with Crippen LogP contribution in [0.15, 0.2) is 24.3 Å². The standard InChI is InChI=1S/C15H12Cl2O4/c1-7-6-10(21-2)13(18)15(20)11(7)14(19)12-8(16)4-3-5-9(12)17/h3-6,18,20H,1-2H3. The number of ether oxygens (including phenoxy) is 1. The Morgan fingerprint density at radius 1 is 1.10 bits per heavy atom. The number of hydrogen-bond donors (Lipinski definition) is 2. The average Bonchev–Trinajstić information content (AvgIpc) is 2.42. The van der Waals surface area contributed by atoms with E-state index >= 15 is 0 Å². The number of benzene rings is 2. The largest absolute Gasteiger partial charge is 0.504 e. The maximum absolute atomic E-state index is 12.6. The first-order chi connectivity index (χ1) is 9.88. The van der Waals surface area contributed by atoms with E-state index in [1.165, 1.54) is 25.3 Å². The number of halogens is 2. The van der Waals surface area contributed by atoms with Crippen LogP contribution in [0.3, 0.4) is 0 Å². The van der Waals surface area contributed by atoms with Crippen molar-refractivity contribution in [1.29, 1.82) is 0 Å². The lowest BCUT2D eigenvalue weighted by molar-refractivity contribution is 0.103. The fourth-order valence-corrected chi connectivity index (χ4v) is 2.61. The molecule has 21 heavy (non-hydrogen) atoms. The van der Waals surface area contributed by atoms with E-state index in [9.17, 15) is 15.0 Å². The van der Waals surface area contributed by atoms with Gasteiger partial charge in [-0.25, -0.2) is 0 Å². The minimum Gasteiger partial charge on any atom is -0.504 e. The van der Waals surface area contributed by atoms with Gasteiger partial charge in [0, 0.05) is 0 Å². The van der Waals surface area contributed by atoms with Crippen molar-refractivity contribution in [2.75, 3.05) is 7.11 Å². The highest BCUT2D eigenvalue weighted by Crippen LogP contribution is 2.42. The van der Waals surface area contributed by atoms with Crippen LogP contribution < -0.4 is 4.74 Å². The zero-order valence-corrected chi connectivity index (χ0v) is 12.8. The maximum Gasteiger partial charge on any atom is 0.201 e. The summed E-state index contributed by atoms with van der Waals surface area (Å²) in [6.07, 6.45) is 0. The van der Waals surface area contributed by atoms with Gasteiger partial charge < -0.3 is 14.9 Å². The summed E-state index contributed by atoms with van der Waals surface area (Å²) in [6, 6.07) is 6.11. The van der Waals surface area contributed by atoms with Gasteiger partial charge in [-0.3, -0.25) is 4.79 Å². The first-order valence-corrected chi connectivity index (χ1v) is 6.72. The van der Waals surface area contributed by atoms with Crippen LogP contribution >= 0.6 is 23.2 Å². The highest BCUT2D eigenvalue weighted by molar-refractivity contribution is 6.41. The van der Waals surface area contributed by atoms with E-state index in [1.54, 1.807) is 13.0 Å². The molecule has 0 unspecified atom stereocenters. The Kier molecular flexibility index (Phi) is 4.30. The Morgan fingerprint density at radius 3 is 2.19 bits per heavy atom. The van der Waals surface area contributed by atoms with Crippen molar-refractivity contribution in [1.82, 2.24) is 0 Å². The third-order valence-corrected chi connectivity index (χ3v) is 3.70. The van der Waals surface area contributed by atoms with E-state index in [-0.39, 0.29) is 26.9 Å². The smallest absolute Gasteiger partial charge is 0.201 e. The number of carbonyl (C=O) groups excluding carboxylic acids is 1. The lowest BCUT2D eigenvalue weighted by Crippen LogP contribution is -2.06. The molecule has 0 radical (unpaired) electrons. The molecule has 110 valence electrons. The van der Waals surface area contributed by atoms with Crippen molar-refractivity contribution in [3.05, 3.63) is 51.0 Å². The van der Waals surface area contributed by atoms with Gasteiger partial charge in [0.25, 0.3) is 0 Å². The molecule has 0 aliphatic rings. The van der Waals surface area contributed by atoms with Crippen molar-refractivity contribution < 1.29 is 19.7 Å². The molecule has 0 atom stereocenters. The Hall–Kier alpha value is -1.91. The van der Waals surface area contributed by atoms with Gasteiger partial charge in [-0.1, -0.05) is 29.3 Å². The van der Waals surface area contributed by atoms with Crippen LogP contribution in [0, 0.1) is 6.92 Å². The average molecular weight is 327 g/mol. The van der Waals surface area contributed by atoms with Gasteiger partial charge in [-0.05, 0) is 30.7 Å². The Bertz CT molecular complexity index is 706. The second kappa shape index (κ2) is 5.84. The highest BCUT2D eigenvalue weighted by atomic mass is 35.5. The number of aromatic hydroxyl groups is 2. The van der Waals surface area contributed by atoms with Crippen LogP contribution in [0.5, 0.6) is 17.2 Å². The van der Waals surface area contributed by atoms with Crippen molar-refractivity contribution in [2.24, 2.45) is 0 Å². The molecule has 0 spiro atoms. The predicted molar refractivity (Wildman–Crippen MR) is 81.0 cm³/mol. The van der Waals surface area contributed by atoms with E-state index < -0.39 is 17.3 Å². The third-order valence-electron chi connectivity index (χ3n) is 3.07. The first kappa shape index (κ1) is 15.5. The van der Waals surface area contributed by atoms with Crippen molar-refractivity contribution in [3.8, 4) is 17.2 Å². The fourth-order valence-electron chi connectivity index (χ4n) is 2.04. The number of ketones is 1. The zero-order chi connectivity index (χ0) is 15.7. The lowest BCUT2D eigenvalue weighted by Gasteiger charge is -2.13. The van der Waals surface area contributed by atoms with Gasteiger partial charge in [0.05, 0.1) is 28.3 Å². The summed E-state index contributed by atoms with van der Waals surface area (Å²) >= 11 is 12.0. The summed E-state index contributed by atoms with van der Waals surface area (Å²) in [5, 5.41) is 20.2. The molecule has 0 saturated carbocycles. The van der Waals surface area contributed by atoms with Gasteiger partial charge in [-0.2, -0.15) is 0 Å². The summed E-state index contributed by atoms with van der Waals surface area (Å²) in [6.45, 7) is 1.61. The molecule has 2 aromatic carbocycles. The molecule has 0 aliphatic carbocycles. The molecule has 2 aromatic rings. The van der Waals surface area contributed by atoms with Gasteiger partial charge in [0.15, 0.2) is 17.3 Å². The van der Waals surface area contributed by atoms with Crippen molar-refractivity contribution in [3.63, 3.8) is 0 Å². The molecule has 0 fully saturated rings. The summed E-state index contributed by atoms with van der Waals surface area (Å²) < 4.78 is 4.92. The summed E-state index contributed by atoms with van der Waals surface area (Å²) in [5.74, 6) is -1.56. The van der Waals surface area contributed by atoms with Crippen molar-refractivity contribution in [2.45, 2.75) is 6.92 Å². The molecule has 0 saturated heterocycles. The number of carbonyl (C=O) groups is 1. The topological polar surface area (TPSA) is 66.8 Å². The Morgan fingerprint density at radius 2 is 1.67 bits per heavy atom. The number of hydrogen-bond acceptors (Lipinski definition) is 4. The lowest BCUT2D eigenvalue weighted by atomic mass is 9.97. The van der Waals surface area contributed by atoms with Crippen LogP contribution in [-0.4, -0.2) is 23.1 Å². The number of phenols is 2. The zero-order valence-electron chi connectivity index (χ0n) is 11.3. The van der Waals surface area contributed by atoms with Gasteiger partial charge in [0.1, 0.15) is 0 Å². The van der Waals surface area contributed by atoms with Crippen LogP contribution in [0.4, 0.5) is 0 Å². The van der Waals surface area contributed by atoms with Gasteiger partial charge >= 0.3 is 0 Å². The third kappa shape index (κ3) is 2.64. The van der Waals surface area contributed by atoms with E-state index in [4.69, 9.17) is 27.9 Å². The SMILES string of the molecule is COc1cc(C)c(C(=O)c2c(Cl)cccc2Cl)c(O)c1O. The maximum atomic E-state index is 12.6. The van der Waals surface area contributed by atoms with E-state index in [0.29, 0.717) is 5.56 Å². The number of methoxy groups -OCH3 is 1. The number of phenolic OH excluding ortho intramolecular Hbond substituents is 2. The van der Waals surface area contributed by atoms with E-state index in [1.807, 2.05) is 0 Å². The van der Waals surface area contributed by atoms with Crippen molar-refractivity contribution >= 4 is 29.0 Å². The molecule has 0 aliphatic heterocycles. The molecule has 4 nitrogen and oxygen atoms in total. The van der Waals surface area contributed by atoms with Gasteiger partial charge in [0.2, 0.25) is 5.75 Å². The van der Waals surface area contributed by atoms with E-state index in [2.05, 4.69) is 0 Å². The molecule has 0 amide bonds. The molecule has 0 bridgehead atoms. The minimum atomic E-state index is -0.571. The Balaban J connectivity index is 2.68. The van der Waals surface area contributed by atoms with Crippen LogP contribution in [0.25, 0.3) is 0 Å². The number of aryl methyl sites for hydroxylation is 1. The fraction of sp³-hybridized carbons (Fsp3) is 0.133. The minimum absolute atomic E-state index is 0.0664. The normalized spacial score (nSPS) is 10.5. The van der Waals surface area contributed by atoms with Crippen LogP contribution in [0.1, 0.15) is 21.5 Å². The summed E-state index contributed by atoms with van der Waals surface area (Å²) in [4.78, 5) is 12.6. The summed E-state index contributed by atoms with van der Waals surface area (Å²) in [7, 11) is 1.35. The molecule has 2 N–H and O–H groups in total. The summed E-state index contributed by atoms with van der Waals surface area (Å²) in [5.41, 5.74) is 0.440. The second-order valence-corrected chi connectivity index (χ2v) is 5.21. The molecular weight excluding hydrogens is 315 g/mol. The predicted octanol–water partition coefficient (Wildman–Crippen LogP) is 3.95.